The third-order valence-electron chi connectivity index (χ3n) is 8.56. The van der Waals surface area contributed by atoms with Crippen molar-refractivity contribution in [3.63, 3.8) is 0 Å². The Morgan fingerprint density at radius 1 is 0.667 bits per heavy atom. The van der Waals surface area contributed by atoms with E-state index < -0.39 is 0 Å². The molecule has 0 fully saturated rings. The Hall–Kier alpha value is -5.12. The normalized spacial score (nSPS) is 12.9. The molecular weight excluding hydrogens is 772 g/mol. The second kappa shape index (κ2) is 12.8. The summed E-state index contributed by atoms with van der Waals surface area (Å²) in [6, 6.07) is 48.7. The first-order valence-corrected chi connectivity index (χ1v) is 15.8. The molecule has 5 aromatic carbocycles. The van der Waals surface area contributed by atoms with E-state index in [1.165, 1.54) is 16.7 Å². The maximum absolute atomic E-state index is 6.40. The molecule has 0 N–H and O–H groups in total. The van der Waals surface area contributed by atoms with Crippen molar-refractivity contribution in [2.45, 2.75) is 26.2 Å². The summed E-state index contributed by atoms with van der Waals surface area (Å²) in [5.41, 5.74) is 7.58. The maximum atomic E-state index is 6.40. The third kappa shape index (κ3) is 6.02. The Balaban J connectivity index is 0.00000364. The smallest absolute Gasteiger partial charge is 0.135 e. The van der Waals surface area contributed by atoms with Crippen molar-refractivity contribution in [1.29, 1.82) is 0 Å². The molecule has 0 unspecified atom stereocenters. The molecule has 240 valence electrons. The molecule has 0 saturated carbocycles. The molecule has 48 heavy (non-hydrogen) atoms. The van der Waals surface area contributed by atoms with Crippen LogP contribution < -0.4 is 14.5 Å². The van der Waals surface area contributed by atoms with Gasteiger partial charge in [0.2, 0.25) is 0 Å². The van der Waals surface area contributed by atoms with Gasteiger partial charge in [0, 0.05) is 50.0 Å². The molecule has 0 saturated heterocycles. The molecule has 0 bridgehead atoms. The van der Waals surface area contributed by atoms with E-state index in [2.05, 4.69) is 133 Å². The van der Waals surface area contributed by atoms with Crippen molar-refractivity contribution in [3.05, 3.63) is 164 Å². The number of anilines is 2. The van der Waals surface area contributed by atoms with Gasteiger partial charge in [0.15, 0.2) is 0 Å². The number of aromatic nitrogens is 2. The summed E-state index contributed by atoms with van der Waals surface area (Å²) >= 11 is 0. The summed E-state index contributed by atoms with van der Waals surface area (Å²) < 4.78 is 8.57. The Morgan fingerprint density at radius 3 is 2.21 bits per heavy atom. The fourth-order valence-electron chi connectivity index (χ4n) is 6.05. The van der Waals surface area contributed by atoms with Gasteiger partial charge in [0.05, 0.1) is 0 Å². The average molecular weight is 805 g/mol. The minimum absolute atomic E-state index is 0. The number of ether oxygens (including phenoxy) is 1. The van der Waals surface area contributed by atoms with Crippen molar-refractivity contribution < 1.29 is 25.8 Å². The third-order valence-corrected chi connectivity index (χ3v) is 8.56. The molecule has 3 heterocycles. The van der Waals surface area contributed by atoms with Gasteiger partial charge in [-0.3, -0.25) is 0 Å². The van der Waals surface area contributed by atoms with E-state index in [-0.39, 0.29) is 26.5 Å². The molecule has 8 rings (SSSR count). The first-order valence-electron chi connectivity index (χ1n) is 15.8. The van der Waals surface area contributed by atoms with Crippen LogP contribution in [0.25, 0.3) is 38.8 Å². The van der Waals surface area contributed by atoms with E-state index in [0.717, 1.165) is 39.0 Å². The number of rotatable bonds is 6. The number of nitrogens with zero attached hydrogens (tertiary/aromatic N) is 4. The monoisotopic (exact) mass is 804 g/mol. The van der Waals surface area contributed by atoms with Crippen molar-refractivity contribution in [1.82, 2.24) is 9.55 Å². The van der Waals surface area contributed by atoms with Crippen LogP contribution in [0, 0.1) is 18.8 Å². The summed E-state index contributed by atoms with van der Waals surface area (Å²) in [7, 11) is 0. The van der Waals surface area contributed by atoms with E-state index in [0.29, 0.717) is 11.5 Å². The zero-order valence-electron chi connectivity index (χ0n) is 26.9. The van der Waals surface area contributed by atoms with Gasteiger partial charge < -0.3 is 19.1 Å². The Bertz CT molecular complexity index is 2250. The van der Waals surface area contributed by atoms with Crippen LogP contribution in [0.2, 0.25) is 0 Å². The minimum atomic E-state index is 0. The quantitative estimate of drug-likeness (QED) is 0.157. The molecule has 0 atom stereocenters. The van der Waals surface area contributed by atoms with Crippen LogP contribution in [0.1, 0.15) is 26.3 Å². The van der Waals surface area contributed by atoms with Crippen molar-refractivity contribution in [2.75, 3.05) is 9.80 Å². The zero-order valence-corrected chi connectivity index (χ0v) is 29.1. The van der Waals surface area contributed by atoms with Crippen LogP contribution in [0.5, 0.6) is 11.5 Å². The van der Waals surface area contributed by atoms with Crippen LogP contribution >= 0.6 is 0 Å². The Kier molecular flexibility index (Phi) is 8.41. The van der Waals surface area contributed by atoms with E-state index in [9.17, 15) is 0 Å². The summed E-state index contributed by atoms with van der Waals surface area (Å²) in [5, 5.41) is 2.25. The molecule has 6 heteroatoms. The average Bonchev–Trinajstić information content (AvgIpc) is 3.72. The van der Waals surface area contributed by atoms with E-state index in [4.69, 9.17) is 9.72 Å². The van der Waals surface area contributed by atoms with Crippen LogP contribution in [-0.2, 0) is 26.5 Å². The van der Waals surface area contributed by atoms with Crippen molar-refractivity contribution in [2.24, 2.45) is 0 Å². The molecule has 1 aliphatic heterocycles. The second-order valence-electron chi connectivity index (χ2n) is 12.7. The number of fused-ring (bicyclic) bond motifs is 3. The predicted octanol–water partition coefficient (Wildman–Crippen LogP) is 10.5. The Labute approximate surface area is 296 Å². The van der Waals surface area contributed by atoms with Gasteiger partial charge >= 0.3 is 0 Å². The molecule has 2 aromatic heterocycles. The van der Waals surface area contributed by atoms with Gasteiger partial charge in [-0.1, -0.05) is 87.0 Å². The summed E-state index contributed by atoms with van der Waals surface area (Å²) in [5.74, 6) is 2.09. The van der Waals surface area contributed by atoms with Gasteiger partial charge in [-0.05, 0) is 70.2 Å². The molecule has 1 aliphatic rings. The van der Waals surface area contributed by atoms with Crippen LogP contribution in [-0.4, -0.2) is 9.55 Å². The SMILES string of the molecule is CC(C)(C)c1ccnc(-n2c3[c-]c(Oc4[c-]c(N5C=CN(c6ccc(-c7ccccc7)cc6)[CH-]5)ccc4)ccc3c3ccccc32)c1.[Pt]. The van der Waals surface area contributed by atoms with Gasteiger partial charge in [0.25, 0.3) is 0 Å². The van der Waals surface area contributed by atoms with Crippen molar-refractivity contribution >= 4 is 33.2 Å². The summed E-state index contributed by atoms with van der Waals surface area (Å²) in [6.07, 6.45) is 5.96. The molecule has 7 aromatic rings. The zero-order chi connectivity index (χ0) is 32.0. The largest absolute Gasteiger partial charge is 0.509 e. The fraction of sp³-hybridized carbons (Fsp3) is 0.0952. The topological polar surface area (TPSA) is 33.5 Å². The number of hydrogen-bond donors (Lipinski definition) is 0. The van der Waals surface area contributed by atoms with E-state index in [1.807, 2.05) is 60.5 Å². The second-order valence-corrected chi connectivity index (χ2v) is 12.7. The van der Waals surface area contributed by atoms with Crippen LogP contribution in [0.15, 0.2) is 140 Å². The van der Waals surface area contributed by atoms with E-state index >= 15 is 0 Å². The summed E-state index contributed by atoms with van der Waals surface area (Å²) in [4.78, 5) is 8.92. The van der Waals surface area contributed by atoms with E-state index in [1.54, 1.807) is 0 Å². The van der Waals surface area contributed by atoms with Crippen LogP contribution in [0.3, 0.4) is 0 Å². The van der Waals surface area contributed by atoms with Gasteiger partial charge in [-0.2, -0.15) is 12.1 Å². The number of para-hydroxylation sites is 1. The first kappa shape index (κ1) is 31.5. The Morgan fingerprint density at radius 2 is 1.40 bits per heavy atom. The van der Waals surface area contributed by atoms with Gasteiger partial charge in [-0.15, -0.1) is 48.1 Å². The first-order chi connectivity index (χ1) is 22.9. The predicted molar refractivity (Wildman–Crippen MR) is 192 cm³/mol. The number of pyridine rings is 1. The fourth-order valence-corrected chi connectivity index (χ4v) is 6.05. The molecule has 0 aliphatic carbocycles. The number of hydrogen-bond acceptors (Lipinski definition) is 4. The molecule has 0 spiro atoms. The maximum Gasteiger partial charge on any atom is 0.135 e. The molecule has 5 nitrogen and oxygen atoms in total. The molecule has 0 amide bonds. The minimum Gasteiger partial charge on any atom is -0.509 e. The van der Waals surface area contributed by atoms with Crippen molar-refractivity contribution in [3.8, 4) is 28.4 Å². The summed E-state index contributed by atoms with van der Waals surface area (Å²) in [6.45, 7) is 8.70. The number of benzene rings is 5. The van der Waals surface area contributed by atoms with Gasteiger partial charge in [0.1, 0.15) is 5.82 Å². The van der Waals surface area contributed by atoms with Gasteiger partial charge in [-0.25, -0.2) is 4.98 Å². The standard InChI is InChI=1S/C42H33N4O.Pt/c1-42(2,3)32-22-23-43-41(26-32)46-39-15-8-7-14-37(39)38-21-20-36(28-40(38)46)47-35-13-9-12-34(27-35)45-25-24-44(29-45)33-18-16-31(17-19-33)30-10-5-4-6-11-30;/h4-26,29H,1-3H3;/q-3;. The molecule has 0 radical (unpaired) electrons. The van der Waals surface area contributed by atoms with Crippen LogP contribution in [0.4, 0.5) is 11.4 Å². The molecular formula is C42H33N4OPt-3.